The number of hydrogen-bond acceptors (Lipinski definition) is 7. The van der Waals surface area contributed by atoms with Crippen molar-refractivity contribution in [1.82, 2.24) is 15.0 Å². The van der Waals surface area contributed by atoms with Gasteiger partial charge < -0.3 is 9.26 Å². The van der Waals surface area contributed by atoms with Crippen LogP contribution >= 0.6 is 11.3 Å². The number of likely N-dealkylation sites (tertiary alicyclic amines) is 1. The molecule has 7 heteroatoms. The number of thiophene rings is 1. The van der Waals surface area contributed by atoms with Crippen molar-refractivity contribution < 1.29 is 14.1 Å². The van der Waals surface area contributed by atoms with Crippen molar-refractivity contribution >= 4 is 17.3 Å². The minimum atomic E-state index is -0.144. The lowest BCUT2D eigenvalue weighted by molar-refractivity contribution is -0.146. The molecular formula is C14H17N3O3S. The van der Waals surface area contributed by atoms with E-state index >= 15 is 0 Å². The largest absolute Gasteiger partial charge is 0.469 e. The van der Waals surface area contributed by atoms with Gasteiger partial charge in [0, 0.05) is 13.1 Å². The second-order valence-electron chi connectivity index (χ2n) is 5.29. The second kappa shape index (κ2) is 5.95. The lowest BCUT2D eigenvalue weighted by Crippen LogP contribution is -2.24. The Morgan fingerprint density at radius 1 is 1.57 bits per heavy atom. The van der Waals surface area contributed by atoms with Crippen LogP contribution in [0.3, 0.4) is 0 Å². The highest BCUT2D eigenvalue weighted by Gasteiger charge is 2.36. The summed E-state index contributed by atoms with van der Waals surface area (Å²) in [6.07, 6.45) is 0. The smallest absolute Gasteiger partial charge is 0.310 e. The Balaban J connectivity index is 1.64. The maximum Gasteiger partial charge on any atom is 0.310 e. The van der Waals surface area contributed by atoms with Crippen LogP contribution in [0.15, 0.2) is 22.0 Å². The zero-order valence-electron chi connectivity index (χ0n) is 12.0. The molecule has 0 N–H and O–H groups in total. The highest BCUT2D eigenvalue weighted by atomic mass is 32.1. The lowest BCUT2D eigenvalue weighted by Gasteiger charge is -2.12. The van der Waals surface area contributed by atoms with Gasteiger partial charge in [0.1, 0.15) is 0 Å². The minimum Gasteiger partial charge on any atom is -0.469 e. The molecule has 21 heavy (non-hydrogen) atoms. The monoisotopic (exact) mass is 307 g/mol. The summed E-state index contributed by atoms with van der Waals surface area (Å²) in [5.74, 6) is 1.26. The summed E-state index contributed by atoms with van der Waals surface area (Å²) in [4.78, 5) is 19.2. The van der Waals surface area contributed by atoms with Crippen LogP contribution in [-0.2, 0) is 16.1 Å². The van der Waals surface area contributed by atoms with Crippen molar-refractivity contribution in [2.24, 2.45) is 11.8 Å². The number of nitrogens with zero attached hydrogens (tertiary/aromatic N) is 3. The van der Waals surface area contributed by atoms with Crippen LogP contribution < -0.4 is 0 Å². The number of rotatable bonds is 4. The van der Waals surface area contributed by atoms with Crippen molar-refractivity contribution in [3.63, 3.8) is 0 Å². The van der Waals surface area contributed by atoms with E-state index in [1.807, 2.05) is 17.5 Å². The Hall–Kier alpha value is -1.73. The molecule has 1 fully saturated rings. The van der Waals surface area contributed by atoms with Crippen LogP contribution in [0, 0.1) is 11.8 Å². The van der Waals surface area contributed by atoms with Crippen LogP contribution in [0.1, 0.15) is 12.8 Å². The van der Waals surface area contributed by atoms with Gasteiger partial charge in [0.2, 0.25) is 11.7 Å². The zero-order valence-corrected chi connectivity index (χ0v) is 12.8. The van der Waals surface area contributed by atoms with E-state index in [0.29, 0.717) is 24.8 Å². The highest BCUT2D eigenvalue weighted by molar-refractivity contribution is 7.13. The Labute approximate surface area is 126 Å². The first kappa shape index (κ1) is 14.2. The van der Waals surface area contributed by atoms with Crippen molar-refractivity contribution in [2.45, 2.75) is 13.5 Å². The molecule has 6 nitrogen and oxygen atoms in total. The molecule has 112 valence electrons. The molecule has 0 spiro atoms. The predicted molar refractivity (Wildman–Crippen MR) is 77.6 cm³/mol. The standard InChI is InChI=1S/C14H17N3O3S/c1-9-6-17(7-10(9)14(18)19-2)8-12-15-13(16-20-12)11-4-3-5-21-11/h3-5,9-10H,6-8H2,1-2H3. The molecule has 0 aliphatic carbocycles. The molecule has 1 aliphatic heterocycles. The van der Waals surface area contributed by atoms with Crippen LogP contribution in [-0.4, -0.2) is 41.2 Å². The van der Waals surface area contributed by atoms with Crippen LogP contribution in [0.25, 0.3) is 10.7 Å². The first-order valence-electron chi connectivity index (χ1n) is 6.84. The number of hydrogen-bond donors (Lipinski definition) is 0. The van der Waals surface area contributed by atoms with Gasteiger partial charge in [-0.15, -0.1) is 11.3 Å². The summed E-state index contributed by atoms with van der Waals surface area (Å²) in [7, 11) is 1.43. The van der Waals surface area contributed by atoms with Crippen molar-refractivity contribution in [3.8, 4) is 10.7 Å². The molecule has 0 aromatic carbocycles. The van der Waals surface area contributed by atoms with Crippen molar-refractivity contribution in [3.05, 3.63) is 23.4 Å². The number of methoxy groups -OCH3 is 1. The quantitative estimate of drug-likeness (QED) is 0.805. The Morgan fingerprint density at radius 2 is 2.43 bits per heavy atom. The molecule has 1 aliphatic rings. The van der Waals surface area contributed by atoms with Crippen molar-refractivity contribution in [1.29, 1.82) is 0 Å². The minimum absolute atomic E-state index is 0.0744. The molecule has 0 bridgehead atoms. The summed E-state index contributed by atoms with van der Waals surface area (Å²) in [5, 5.41) is 5.98. The molecule has 3 heterocycles. The third-order valence-electron chi connectivity index (χ3n) is 3.76. The highest BCUT2D eigenvalue weighted by Crippen LogP contribution is 2.26. The van der Waals surface area contributed by atoms with Crippen LogP contribution in [0.4, 0.5) is 0 Å². The zero-order chi connectivity index (χ0) is 14.8. The van der Waals surface area contributed by atoms with Gasteiger partial charge in [-0.2, -0.15) is 4.98 Å². The van der Waals surface area contributed by atoms with E-state index in [9.17, 15) is 4.79 Å². The summed E-state index contributed by atoms with van der Waals surface area (Å²) < 4.78 is 10.1. The van der Waals surface area contributed by atoms with Crippen LogP contribution in [0.2, 0.25) is 0 Å². The normalized spacial score (nSPS) is 22.6. The van der Waals surface area contributed by atoms with E-state index in [0.717, 1.165) is 11.4 Å². The Morgan fingerprint density at radius 3 is 3.14 bits per heavy atom. The van der Waals surface area contributed by atoms with Gasteiger partial charge >= 0.3 is 5.97 Å². The molecule has 3 rings (SSSR count). The molecule has 0 saturated carbocycles. The fraction of sp³-hybridized carbons (Fsp3) is 0.500. The van der Waals surface area contributed by atoms with E-state index < -0.39 is 0 Å². The van der Waals surface area contributed by atoms with Gasteiger partial charge in [-0.3, -0.25) is 9.69 Å². The number of carbonyl (C=O) groups excluding carboxylic acids is 1. The number of esters is 1. The second-order valence-corrected chi connectivity index (χ2v) is 6.24. The van der Waals surface area contributed by atoms with Crippen molar-refractivity contribution in [2.75, 3.05) is 20.2 Å². The average Bonchev–Trinajstić information content (AvgIpc) is 3.18. The summed E-state index contributed by atoms with van der Waals surface area (Å²) in [5.41, 5.74) is 0. The average molecular weight is 307 g/mol. The summed E-state index contributed by atoms with van der Waals surface area (Å²) in [6.45, 7) is 4.13. The molecule has 0 amide bonds. The number of aromatic nitrogens is 2. The SMILES string of the molecule is COC(=O)C1CN(Cc2nc(-c3cccs3)no2)CC1C. The topological polar surface area (TPSA) is 68.5 Å². The fourth-order valence-corrected chi connectivity index (χ4v) is 3.32. The van der Waals surface area contributed by atoms with E-state index in [1.54, 1.807) is 11.3 Å². The van der Waals surface area contributed by atoms with E-state index in [-0.39, 0.29) is 17.8 Å². The molecule has 2 atom stereocenters. The van der Waals surface area contributed by atoms with Gasteiger partial charge in [-0.05, 0) is 17.4 Å². The number of ether oxygens (including phenoxy) is 1. The molecular weight excluding hydrogens is 290 g/mol. The third-order valence-corrected chi connectivity index (χ3v) is 4.63. The van der Waals surface area contributed by atoms with E-state index in [2.05, 4.69) is 22.0 Å². The first-order valence-corrected chi connectivity index (χ1v) is 7.72. The maximum absolute atomic E-state index is 11.7. The Kier molecular flexibility index (Phi) is 4.03. The predicted octanol–water partition coefficient (Wildman–Crippen LogP) is 2.04. The molecule has 2 aromatic rings. The maximum atomic E-state index is 11.7. The van der Waals surface area contributed by atoms with Gasteiger partial charge in [-0.1, -0.05) is 18.1 Å². The fourth-order valence-electron chi connectivity index (χ4n) is 2.67. The summed E-state index contributed by atoms with van der Waals surface area (Å²) >= 11 is 1.58. The first-order chi connectivity index (χ1) is 10.2. The summed E-state index contributed by atoms with van der Waals surface area (Å²) in [6, 6.07) is 3.92. The lowest BCUT2D eigenvalue weighted by atomic mass is 9.99. The molecule has 2 aromatic heterocycles. The molecule has 0 radical (unpaired) electrons. The van der Waals surface area contributed by atoms with Crippen LogP contribution in [0.5, 0.6) is 0 Å². The molecule has 1 saturated heterocycles. The van der Waals surface area contributed by atoms with Gasteiger partial charge in [0.05, 0.1) is 24.4 Å². The van der Waals surface area contributed by atoms with Gasteiger partial charge in [0.25, 0.3) is 0 Å². The third kappa shape index (κ3) is 2.98. The Bertz CT molecular complexity index is 611. The van der Waals surface area contributed by atoms with E-state index in [1.165, 1.54) is 7.11 Å². The van der Waals surface area contributed by atoms with E-state index in [4.69, 9.17) is 9.26 Å². The number of carbonyl (C=O) groups is 1. The van der Waals surface area contributed by atoms with Gasteiger partial charge in [0.15, 0.2) is 0 Å². The molecule has 2 unspecified atom stereocenters. The van der Waals surface area contributed by atoms with Gasteiger partial charge in [-0.25, -0.2) is 0 Å².